The van der Waals surface area contributed by atoms with E-state index in [-0.39, 0.29) is 17.1 Å². The van der Waals surface area contributed by atoms with Crippen LogP contribution in [0.25, 0.3) is 11.4 Å². The van der Waals surface area contributed by atoms with Crippen LogP contribution in [0.1, 0.15) is 32.1 Å². The number of furan rings is 1. The largest absolute Gasteiger partial charge is 0.495 e. The van der Waals surface area contributed by atoms with E-state index < -0.39 is 0 Å². The first kappa shape index (κ1) is 23.6. The number of anilines is 1. The number of aromatic nitrogens is 3. The van der Waals surface area contributed by atoms with Gasteiger partial charge in [-0.1, -0.05) is 68.9 Å². The molecule has 0 bridgehead atoms. The molecule has 1 amide bonds. The maximum absolute atomic E-state index is 12.6. The molecule has 2 aromatic carbocycles. The first-order valence-corrected chi connectivity index (χ1v) is 12.0. The first-order valence-electron chi connectivity index (χ1n) is 11.0. The van der Waals surface area contributed by atoms with Gasteiger partial charge in [0.2, 0.25) is 5.91 Å². The van der Waals surface area contributed by atoms with Gasteiger partial charge < -0.3 is 14.5 Å². The number of hydrogen-bond acceptors (Lipinski definition) is 6. The molecule has 4 aromatic rings. The van der Waals surface area contributed by atoms with Crippen molar-refractivity contribution < 1.29 is 13.9 Å². The normalized spacial score (nSPS) is 11.4. The van der Waals surface area contributed by atoms with Crippen LogP contribution >= 0.6 is 11.8 Å². The average Bonchev–Trinajstić information content (AvgIpc) is 3.48. The Morgan fingerprint density at radius 1 is 1.06 bits per heavy atom. The van der Waals surface area contributed by atoms with E-state index in [1.807, 2.05) is 28.8 Å². The molecule has 8 heteroatoms. The van der Waals surface area contributed by atoms with E-state index >= 15 is 0 Å². The second-order valence-electron chi connectivity index (χ2n) is 8.84. The number of ether oxygens (including phenoxy) is 1. The van der Waals surface area contributed by atoms with Crippen molar-refractivity contribution in [3.8, 4) is 17.1 Å². The van der Waals surface area contributed by atoms with Crippen molar-refractivity contribution in [2.75, 3.05) is 18.2 Å². The molecule has 0 fully saturated rings. The minimum absolute atomic E-state index is 0.0657. The van der Waals surface area contributed by atoms with Crippen LogP contribution in [0.15, 0.2) is 76.5 Å². The quantitative estimate of drug-likeness (QED) is 0.332. The van der Waals surface area contributed by atoms with Crippen LogP contribution < -0.4 is 10.1 Å². The number of thioether (sulfide) groups is 1. The maximum Gasteiger partial charge on any atom is 0.234 e. The predicted molar refractivity (Wildman–Crippen MR) is 134 cm³/mol. The Morgan fingerprint density at radius 2 is 1.82 bits per heavy atom. The zero-order chi connectivity index (χ0) is 24.1. The summed E-state index contributed by atoms with van der Waals surface area (Å²) in [5.74, 6) is 2.15. The van der Waals surface area contributed by atoms with E-state index in [4.69, 9.17) is 9.15 Å². The number of carbonyl (C=O) groups is 1. The Bertz CT molecular complexity index is 1240. The van der Waals surface area contributed by atoms with Crippen molar-refractivity contribution in [2.24, 2.45) is 0 Å². The standard InChI is InChI=1S/C26H28N4O3S/c1-26(2,3)19-13-11-18(12-14-19)24-28-29-25(30(24)16-20-8-7-15-33-20)34-17-23(31)27-21-9-5-6-10-22(21)32-4/h5-15H,16-17H2,1-4H3,(H,27,31). The predicted octanol–water partition coefficient (Wildman–Crippen LogP) is 5.62. The van der Waals surface area contributed by atoms with E-state index in [9.17, 15) is 4.79 Å². The summed E-state index contributed by atoms with van der Waals surface area (Å²) in [5, 5.41) is 12.4. The molecule has 7 nitrogen and oxygen atoms in total. The van der Waals surface area contributed by atoms with Gasteiger partial charge in [-0.25, -0.2) is 0 Å². The van der Waals surface area contributed by atoms with Crippen LogP contribution in [0.4, 0.5) is 5.69 Å². The molecule has 0 aliphatic carbocycles. The van der Waals surface area contributed by atoms with Gasteiger partial charge in [-0.15, -0.1) is 10.2 Å². The Hall–Kier alpha value is -3.52. The molecule has 0 radical (unpaired) electrons. The van der Waals surface area contributed by atoms with Crippen LogP contribution in [0.2, 0.25) is 0 Å². The molecule has 34 heavy (non-hydrogen) atoms. The summed E-state index contributed by atoms with van der Waals surface area (Å²) in [5.41, 5.74) is 2.90. The number of para-hydroxylation sites is 2. The molecule has 0 aliphatic heterocycles. The van der Waals surface area contributed by atoms with Gasteiger partial charge in [0.25, 0.3) is 0 Å². The number of rotatable bonds is 8. The minimum Gasteiger partial charge on any atom is -0.495 e. The van der Waals surface area contributed by atoms with Gasteiger partial charge in [0, 0.05) is 5.56 Å². The molecule has 0 atom stereocenters. The number of nitrogens with one attached hydrogen (secondary N) is 1. The fourth-order valence-corrected chi connectivity index (χ4v) is 4.23. The van der Waals surface area contributed by atoms with E-state index in [2.05, 4.69) is 60.6 Å². The number of carbonyl (C=O) groups excluding carboxylic acids is 1. The van der Waals surface area contributed by atoms with Crippen LogP contribution in [0.3, 0.4) is 0 Å². The first-order chi connectivity index (χ1) is 16.3. The summed E-state index contributed by atoms with van der Waals surface area (Å²) in [6.45, 7) is 7.03. The SMILES string of the molecule is COc1ccccc1NC(=O)CSc1nnc(-c2ccc(C(C)(C)C)cc2)n1Cc1ccco1. The minimum atomic E-state index is -0.155. The van der Waals surface area contributed by atoms with Crippen molar-refractivity contribution in [3.05, 3.63) is 78.3 Å². The third-order valence-corrected chi connectivity index (χ3v) is 6.30. The van der Waals surface area contributed by atoms with Gasteiger partial charge in [0.05, 0.1) is 31.4 Å². The summed E-state index contributed by atoms with van der Waals surface area (Å²) in [6.07, 6.45) is 1.64. The van der Waals surface area contributed by atoms with E-state index in [1.54, 1.807) is 25.5 Å². The second-order valence-corrected chi connectivity index (χ2v) is 9.78. The fraction of sp³-hybridized carbons (Fsp3) is 0.269. The second kappa shape index (κ2) is 10.2. The van der Waals surface area contributed by atoms with Gasteiger partial charge in [0.15, 0.2) is 11.0 Å². The summed E-state index contributed by atoms with van der Waals surface area (Å²) in [6, 6.07) is 19.4. The molecular weight excluding hydrogens is 448 g/mol. The molecule has 0 spiro atoms. The smallest absolute Gasteiger partial charge is 0.234 e. The van der Waals surface area contributed by atoms with Crippen molar-refractivity contribution in [3.63, 3.8) is 0 Å². The maximum atomic E-state index is 12.6. The lowest BCUT2D eigenvalue weighted by Gasteiger charge is -2.19. The summed E-state index contributed by atoms with van der Waals surface area (Å²) in [7, 11) is 1.58. The average molecular weight is 477 g/mol. The number of amides is 1. The molecule has 176 valence electrons. The number of benzene rings is 2. The lowest BCUT2D eigenvalue weighted by atomic mass is 9.87. The molecule has 0 saturated heterocycles. The zero-order valence-electron chi connectivity index (χ0n) is 19.7. The fourth-order valence-electron chi connectivity index (χ4n) is 3.49. The summed E-state index contributed by atoms with van der Waals surface area (Å²) in [4.78, 5) is 12.6. The zero-order valence-corrected chi connectivity index (χ0v) is 20.6. The molecule has 0 unspecified atom stereocenters. The molecule has 2 aromatic heterocycles. The molecule has 4 rings (SSSR count). The Labute approximate surface area is 203 Å². The highest BCUT2D eigenvalue weighted by Crippen LogP contribution is 2.29. The molecule has 0 saturated carbocycles. The molecule has 0 aliphatic rings. The third-order valence-electron chi connectivity index (χ3n) is 5.33. The highest BCUT2D eigenvalue weighted by Gasteiger charge is 2.19. The van der Waals surface area contributed by atoms with Crippen LogP contribution in [0.5, 0.6) is 5.75 Å². The highest BCUT2D eigenvalue weighted by molar-refractivity contribution is 7.99. The Balaban J connectivity index is 1.55. The van der Waals surface area contributed by atoms with Gasteiger partial charge in [-0.2, -0.15) is 0 Å². The van der Waals surface area contributed by atoms with E-state index in [0.29, 0.717) is 23.1 Å². The van der Waals surface area contributed by atoms with E-state index in [1.165, 1.54) is 17.3 Å². The monoisotopic (exact) mass is 476 g/mol. The number of hydrogen-bond donors (Lipinski definition) is 1. The van der Waals surface area contributed by atoms with Gasteiger partial charge in [-0.3, -0.25) is 9.36 Å². The van der Waals surface area contributed by atoms with Gasteiger partial charge in [0.1, 0.15) is 11.5 Å². The van der Waals surface area contributed by atoms with Crippen molar-refractivity contribution in [1.82, 2.24) is 14.8 Å². The molecule has 1 N–H and O–H groups in total. The van der Waals surface area contributed by atoms with Crippen molar-refractivity contribution in [1.29, 1.82) is 0 Å². The van der Waals surface area contributed by atoms with Crippen LogP contribution in [0, 0.1) is 0 Å². The topological polar surface area (TPSA) is 82.2 Å². The lowest BCUT2D eigenvalue weighted by Crippen LogP contribution is -2.15. The Morgan fingerprint density at radius 3 is 2.50 bits per heavy atom. The number of methoxy groups -OCH3 is 1. The van der Waals surface area contributed by atoms with Gasteiger partial charge >= 0.3 is 0 Å². The lowest BCUT2D eigenvalue weighted by molar-refractivity contribution is -0.113. The van der Waals surface area contributed by atoms with E-state index in [0.717, 1.165) is 17.1 Å². The van der Waals surface area contributed by atoms with Gasteiger partial charge in [-0.05, 0) is 35.2 Å². The Kier molecular flexibility index (Phi) is 7.07. The van der Waals surface area contributed by atoms with Crippen molar-refractivity contribution >= 4 is 23.4 Å². The van der Waals surface area contributed by atoms with Crippen LogP contribution in [-0.4, -0.2) is 33.5 Å². The number of nitrogens with zero attached hydrogens (tertiary/aromatic N) is 3. The highest BCUT2D eigenvalue weighted by atomic mass is 32.2. The molecule has 2 heterocycles. The summed E-state index contributed by atoms with van der Waals surface area (Å²) >= 11 is 1.33. The van der Waals surface area contributed by atoms with Crippen molar-refractivity contribution in [2.45, 2.75) is 37.9 Å². The summed E-state index contributed by atoms with van der Waals surface area (Å²) < 4.78 is 12.9. The van der Waals surface area contributed by atoms with Crippen LogP contribution in [-0.2, 0) is 16.8 Å². The third kappa shape index (κ3) is 5.51. The molecular formula is C26H28N4O3S.